The molecule has 2 heterocycles. The molecular weight excluding hydrogens is 536 g/mol. The number of carbonyl (C=O) groups excluding carboxylic acids is 1. The van der Waals surface area contributed by atoms with Crippen LogP contribution in [0.25, 0.3) is 11.1 Å². The zero-order valence-electron chi connectivity index (χ0n) is 20.4. The summed E-state index contributed by atoms with van der Waals surface area (Å²) in [5.41, 5.74) is 7.62. The molecule has 13 heteroatoms. The molecule has 1 unspecified atom stereocenters. The van der Waals surface area contributed by atoms with E-state index >= 15 is 0 Å². The first kappa shape index (κ1) is 27.1. The molecule has 0 aliphatic rings. The van der Waals surface area contributed by atoms with E-state index in [1.807, 2.05) is 12.1 Å². The molecule has 0 aliphatic heterocycles. The Morgan fingerprint density at radius 2 is 1.62 bits per heavy atom. The summed E-state index contributed by atoms with van der Waals surface area (Å²) in [6, 6.07) is 20.1. The lowest BCUT2D eigenvalue weighted by atomic mass is 9.97. The van der Waals surface area contributed by atoms with Crippen molar-refractivity contribution in [1.82, 2.24) is 15.0 Å². The van der Waals surface area contributed by atoms with Crippen LogP contribution >= 0.6 is 11.8 Å². The third kappa shape index (κ3) is 6.13. The Hall–Kier alpha value is -4.98. The number of nitriles is 2. The molecule has 2 aromatic carbocycles. The van der Waals surface area contributed by atoms with Gasteiger partial charge in [0.15, 0.2) is 0 Å². The summed E-state index contributed by atoms with van der Waals surface area (Å²) in [5.74, 6) is -0.525. The van der Waals surface area contributed by atoms with Crippen molar-refractivity contribution in [2.45, 2.75) is 22.1 Å². The summed E-state index contributed by atoms with van der Waals surface area (Å²) in [6.45, 7) is 1.63. The van der Waals surface area contributed by atoms with Crippen molar-refractivity contribution in [3.05, 3.63) is 84.2 Å². The van der Waals surface area contributed by atoms with Gasteiger partial charge in [-0.1, -0.05) is 42.1 Å². The van der Waals surface area contributed by atoms with Crippen LogP contribution in [0.15, 0.2) is 83.0 Å². The van der Waals surface area contributed by atoms with E-state index in [9.17, 15) is 23.7 Å². The van der Waals surface area contributed by atoms with E-state index in [0.29, 0.717) is 16.8 Å². The average Bonchev–Trinajstić information content (AvgIpc) is 2.93. The highest BCUT2D eigenvalue weighted by atomic mass is 32.2. The van der Waals surface area contributed by atoms with Gasteiger partial charge in [-0.3, -0.25) is 4.79 Å². The van der Waals surface area contributed by atoms with Crippen molar-refractivity contribution < 1.29 is 13.2 Å². The van der Waals surface area contributed by atoms with E-state index in [1.54, 1.807) is 37.3 Å². The molecule has 39 heavy (non-hydrogen) atoms. The van der Waals surface area contributed by atoms with Crippen molar-refractivity contribution in [3.8, 4) is 23.3 Å². The van der Waals surface area contributed by atoms with Crippen LogP contribution in [0.2, 0.25) is 0 Å². The van der Waals surface area contributed by atoms with E-state index < -0.39 is 21.2 Å². The highest BCUT2D eigenvalue weighted by Crippen LogP contribution is 2.37. The minimum Gasteiger partial charge on any atom is -0.383 e. The average molecular weight is 557 g/mol. The lowest BCUT2D eigenvalue weighted by molar-refractivity contribution is -0.115. The Morgan fingerprint density at radius 3 is 2.23 bits per heavy atom. The number of pyridine rings is 1. The zero-order chi connectivity index (χ0) is 28.0. The molecule has 0 radical (unpaired) electrons. The van der Waals surface area contributed by atoms with Gasteiger partial charge < -0.3 is 11.1 Å². The van der Waals surface area contributed by atoms with Gasteiger partial charge in [0.25, 0.3) is 10.0 Å². The minimum absolute atomic E-state index is 0.0419. The molecule has 11 nitrogen and oxygen atoms in total. The number of hydrogen-bond acceptors (Lipinski definition) is 10. The van der Waals surface area contributed by atoms with Crippen LogP contribution in [0.4, 0.5) is 17.5 Å². The van der Waals surface area contributed by atoms with Crippen LogP contribution in [0.3, 0.4) is 0 Å². The molecule has 0 saturated heterocycles. The molecule has 0 bridgehead atoms. The number of sulfonamides is 1. The lowest BCUT2D eigenvalue weighted by Gasteiger charge is -2.16. The van der Waals surface area contributed by atoms with E-state index in [4.69, 9.17) is 5.73 Å². The minimum atomic E-state index is -3.93. The normalized spacial score (nSPS) is 11.6. The quantitative estimate of drug-likeness (QED) is 0.269. The van der Waals surface area contributed by atoms with Gasteiger partial charge >= 0.3 is 0 Å². The second-order valence-electron chi connectivity index (χ2n) is 7.97. The number of thioether (sulfide) groups is 1. The van der Waals surface area contributed by atoms with Crippen LogP contribution < -0.4 is 15.8 Å². The standard InChI is InChI=1S/C26H20N8O3S2/c1-16(38-25-21(15-28)22(17-6-3-2-4-7-17)20(14-27)23(29)33-25)24(35)32-18-8-10-19(11-9-18)39(36,37)34-26-30-12-5-13-31-26/h2-13,16H,1H3,(H2,29,33)(H,32,35)(H,30,31,34). The number of nitrogens with two attached hydrogens (primary N) is 1. The molecule has 1 atom stereocenters. The summed E-state index contributed by atoms with van der Waals surface area (Å²) in [4.78, 5) is 24.8. The van der Waals surface area contributed by atoms with Crippen LogP contribution in [0, 0.1) is 22.7 Å². The maximum atomic E-state index is 12.9. The number of carbonyl (C=O) groups is 1. The van der Waals surface area contributed by atoms with Crippen LogP contribution in [0.5, 0.6) is 0 Å². The molecule has 4 rings (SSSR count). The fourth-order valence-electron chi connectivity index (χ4n) is 3.49. The van der Waals surface area contributed by atoms with Gasteiger partial charge in [-0.15, -0.1) is 0 Å². The first-order valence-corrected chi connectivity index (χ1v) is 13.7. The zero-order valence-corrected chi connectivity index (χ0v) is 22.0. The lowest BCUT2D eigenvalue weighted by Crippen LogP contribution is -2.23. The molecule has 0 spiro atoms. The highest BCUT2D eigenvalue weighted by molar-refractivity contribution is 8.00. The predicted molar refractivity (Wildman–Crippen MR) is 147 cm³/mol. The van der Waals surface area contributed by atoms with E-state index in [-0.39, 0.29) is 32.8 Å². The van der Waals surface area contributed by atoms with E-state index in [1.165, 1.54) is 36.7 Å². The smallest absolute Gasteiger partial charge is 0.264 e. The molecular formula is C26H20N8O3S2. The maximum absolute atomic E-state index is 12.9. The number of hydrogen-bond donors (Lipinski definition) is 3. The largest absolute Gasteiger partial charge is 0.383 e. The Morgan fingerprint density at radius 1 is 0.974 bits per heavy atom. The molecule has 0 saturated carbocycles. The van der Waals surface area contributed by atoms with Crippen molar-refractivity contribution in [2.75, 3.05) is 15.8 Å². The van der Waals surface area contributed by atoms with Crippen molar-refractivity contribution >= 4 is 45.1 Å². The van der Waals surface area contributed by atoms with E-state index in [2.05, 4.69) is 31.1 Å². The van der Waals surface area contributed by atoms with Crippen LogP contribution in [-0.2, 0) is 14.8 Å². The Kier molecular flexibility index (Phi) is 8.05. The molecule has 0 fully saturated rings. The van der Waals surface area contributed by atoms with Gasteiger partial charge in [-0.2, -0.15) is 10.5 Å². The van der Waals surface area contributed by atoms with Gasteiger partial charge in [-0.25, -0.2) is 28.1 Å². The molecule has 4 N–H and O–H groups in total. The predicted octanol–water partition coefficient (Wildman–Crippen LogP) is 3.78. The first-order valence-electron chi connectivity index (χ1n) is 11.3. The molecule has 0 aliphatic carbocycles. The summed E-state index contributed by atoms with van der Waals surface area (Å²) in [6.07, 6.45) is 2.82. The summed E-state index contributed by atoms with van der Waals surface area (Å²) in [5, 5.41) is 21.8. The third-order valence-corrected chi connectivity index (χ3v) is 7.79. The topological polar surface area (TPSA) is 188 Å². The Balaban J connectivity index is 1.52. The highest BCUT2D eigenvalue weighted by Gasteiger charge is 2.24. The van der Waals surface area contributed by atoms with Crippen LogP contribution in [0.1, 0.15) is 18.1 Å². The fourth-order valence-corrected chi connectivity index (χ4v) is 5.37. The van der Waals surface area contributed by atoms with Crippen LogP contribution in [-0.4, -0.2) is 34.5 Å². The van der Waals surface area contributed by atoms with E-state index in [0.717, 1.165) is 11.8 Å². The number of nitrogen functional groups attached to an aromatic ring is 1. The summed E-state index contributed by atoms with van der Waals surface area (Å²) >= 11 is 1.02. The summed E-state index contributed by atoms with van der Waals surface area (Å²) < 4.78 is 27.4. The van der Waals surface area contributed by atoms with Gasteiger partial charge in [0.2, 0.25) is 11.9 Å². The second-order valence-corrected chi connectivity index (χ2v) is 11.0. The van der Waals surface area contributed by atoms with Gasteiger partial charge in [-0.05, 0) is 42.8 Å². The number of benzene rings is 2. The van der Waals surface area contributed by atoms with Crippen molar-refractivity contribution in [1.29, 1.82) is 10.5 Å². The van der Waals surface area contributed by atoms with Crippen molar-refractivity contribution in [2.24, 2.45) is 0 Å². The fraction of sp³-hybridized carbons (Fsp3) is 0.0769. The molecule has 194 valence electrons. The third-order valence-electron chi connectivity index (χ3n) is 5.36. The molecule has 2 aromatic heterocycles. The molecule has 4 aromatic rings. The van der Waals surface area contributed by atoms with Crippen molar-refractivity contribution in [3.63, 3.8) is 0 Å². The number of nitrogens with one attached hydrogen (secondary N) is 2. The Labute approximate surface area is 228 Å². The monoisotopic (exact) mass is 556 g/mol. The number of nitrogens with zero attached hydrogens (tertiary/aromatic N) is 5. The number of rotatable bonds is 8. The van der Waals surface area contributed by atoms with Gasteiger partial charge in [0, 0.05) is 23.6 Å². The number of anilines is 3. The Bertz CT molecular complexity index is 1700. The van der Waals surface area contributed by atoms with Gasteiger partial charge in [0.1, 0.15) is 28.5 Å². The second kappa shape index (κ2) is 11.6. The number of amides is 1. The molecule has 1 amide bonds. The summed E-state index contributed by atoms with van der Waals surface area (Å²) in [7, 11) is -3.93. The number of aromatic nitrogens is 3. The maximum Gasteiger partial charge on any atom is 0.264 e. The SMILES string of the molecule is CC(Sc1nc(N)c(C#N)c(-c2ccccc2)c1C#N)C(=O)Nc1ccc(S(=O)(=O)Nc2ncccn2)cc1. The van der Waals surface area contributed by atoms with Gasteiger partial charge in [0.05, 0.1) is 15.7 Å². The first-order chi connectivity index (χ1) is 18.7.